The Labute approximate surface area is 103 Å². The molecule has 0 heterocycles. The van der Waals surface area contributed by atoms with Crippen LogP contribution < -0.4 is 0 Å². The van der Waals surface area contributed by atoms with E-state index >= 15 is 0 Å². The van der Waals surface area contributed by atoms with Crippen LogP contribution in [-0.2, 0) is 11.0 Å². The van der Waals surface area contributed by atoms with Gasteiger partial charge in [-0.3, -0.25) is 9.79 Å². The third-order valence-electron chi connectivity index (χ3n) is 2.93. The Morgan fingerprint density at radius 3 is 2.61 bits per heavy atom. The third kappa shape index (κ3) is 2.78. The fraction of sp³-hybridized carbons (Fsp3) is 0.385. The number of ketones is 1. The SMILES string of the molecule is CC1CC(=Nc2cccc(C(F)(F)F)c2)CC1=O. The standard InChI is InChI=1S/C13H12F3NO/c1-8-5-11(7-12(8)18)17-10-4-2-3-9(6-10)13(14,15)16/h2-4,6,8H,5,7H2,1H3. The summed E-state index contributed by atoms with van der Waals surface area (Å²) >= 11 is 0. The Morgan fingerprint density at radius 1 is 1.33 bits per heavy atom. The van der Waals surface area contributed by atoms with E-state index in [2.05, 4.69) is 4.99 Å². The van der Waals surface area contributed by atoms with Crippen molar-refractivity contribution in [3.05, 3.63) is 29.8 Å². The number of benzene rings is 1. The summed E-state index contributed by atoms with van der Waals surface area (Å²) in [6.07, 6.45) is -3.58. The molecule has 1 aromatic carbocycles. The molecule has 18 heavy (non-hydrogen) atoms. The van der Waals surface area contributed by atoms with Crippen molar-refractivity contribution in [3.8, 4) is 0 Å². The fourth-order valence-corrected chi connectivity index (χ4v) is 1.93. The first-order valence-electron chi connectivity index (χ1n) is 5.62. The maximum absolute atomic E-state index is 12.5. The van der Waals surface area contributed by atoms with Crippen LogP contribution in [0.2, 0.25) is 0 Å². The monoisotopic (exact) mass is 255 g/mol. The summed E-state index contributed by atoms with van der Waals surface area (Å²) in [5.41, 5.74) is 0.190. The first-order chi connectivity index (χ1) is 8.36. The second kappa shape index (κ2) is 4.55. The minimum absolute atomic E-state index is 0.0745. The van der Waals surface area contributed by atoms with E-state index in [0.717, 1.165) is 12.1 Å². The van der Waals surface area contributed by atoms with Gasteiger partial charge in [0.1, 0.15) is 5.78 Å². The highest BCUT2D eigenvalue weighted by Gasteiger charge is 2.30. The summed E-state index contributed by atoms with van der Waals surface area (Å²) in [6, 6.07) is 4.84. The highest BCUT2D eigenvalue weighted by Crippen LogP contribution is 2.32. The normalized spacial score (nSPS) is 22.8. The van der Waals surface area contributed by atoms with Gasteiger partial charge in [0.05, 0.1) is 11.3 Å². The Kier molecular flexibility index (Phi) is 3.24. The van der Waals surface area contributed by atoms with E-state index in [1.807, 2.05) is 0 Å². The molecule has 0 spiro atoms. The molecule has 0 amide bonds. The number of hydrogen-bond donors (Lipinski definition) is 0. The van der Waals surface area contributed by atoms with Gasteiger partial charge < -0.3 is 0 Å². The molecule has 1 unspecified atom stereocenters. The van der Waals surface area contributed by atoms with Gasteiger partial charge in [0.2, 0.25) is 0 Å². The van der Waals surface area contributed by atoms with E-state index in [9.17, 15) is 18.0 Å². The molecule has 1 saturated carbocycles. The van der Waals surface area contributed by atoms with Crippen molar-refractivity contribution in [3.63, 3.8) is 0 Å². The molecule has 1 aliphatic rings. The van der Waals surface area contributed by atoms with Crippen LogP contribution in [0.5, 0.6) is 0 Å². The van der Waals surface area contributed by atoms with E-state index in [1.165, 1.54) is 12.1 Å². The lowest BCUT2D eigenvalue weighted by Crippen LogP contribution is -2.04. The summed E-state index contributed by atoms with van der Waals surface area (Å²) < 4.78 is 37.5. The minimum atomic E-state index is -4.37. The highest BCUT2D eigenvalue weighted by molar-refractivity contribution is 6.10. The maximum atomic E-state index is 12.5. The summed E-state index contributed by atoms with van der Waals surface area (Å²) in [5, 5.41) is 0. The van der Waals surface area contributed by atoms with Crippen molar-refractivity contribution < 1.29 is 18.0 Å². The molecule has 96 valence electrons. The number of hydrogen-bond acceptors (Lipinski definition) is 2. The number of carbonyl (C=O) groups excluding carboxylic acids is 1. The Morgan fingerprint density at radius 2 is 2.06 bits per heavy atom. The van der Waals surface area contributed by atoms with E-state index < -0.39 is 11.7 Å². The highest BCUT2D eigenvalue weighted by atomic mass is 19.4. The first-order valence-corrected chi connectivity index (χ1v) is 5.62. The average molecular weight is 255 g/mol. The predicted molar refractivity (Wildman–Crippen MR) is 61.9 cm³/mol. The smallest absolute Gasteiger partial charge is 0.299 e. The van der Waals surface area contributed by atoms with Gasteiger partial charge in [-0.15, -0.1) is 0 Å². The lowest BCUT2D eigenvalue weighted by molar-refractivity contribution is -0.137. The molecular formula is C13H12F3NO. The zero-order valence-electron chi connectivity index (χ0n) is 9.79. The second-order valence-corrected chi connectivity index (χ2v) is 4.47. The number of carbonyl (C=O) groups is 1. The van der Waals surface area contributed by atoms with Crippen LogP contribution in [0.4, 0.5) is 18.9 Å². The Bertz CT molecular complexity index is 505. The van der Waals surface area contributed by atoms with Crippen molar-refractivity contribution >= 4 is 17.2 Å². The van der Waals surface area contributed by atoms with Gasteiger partial charge in [0.25, 0.3) is 0 Å². The van der Waals surface area contributed by atoms with Gasteiger partial charge in [0.15, 0.2) is 0 Å². The van der Waals surface area contributed by atoms with Crippen LogP contribution in [0, 0.1) is 5.92 Å². The largest absolute Gasteiger partial charge is 0.416 e. The molecule has 5 heteroatoms. The van der Waals surface area contributed by atoms with Gasteiger partial charge in [-0.05, 0) is 24.6 Å². The van der Waals surface area contributed by atoms with Crippen LogP contribution in [0.1, 0.15) is 25.3 Å². The molecule has 1 atom stereocenters. The molecule has 2 rings (SSSR count). The molecule has 0 saturated heterocycles. The number of halogens is 3. The molecule has 1 fully saturated rings. The van der Waals surface area contributed by atoms with Crippen molar-refractivity contribution in [1.29, 1.82) is 0 Å². The van der Waals surface area contributed by atoms with Crippen LogP contribution in [0.3, 0.4) is 0 Å². The lowest BCUT2D eigenvalue weighted by atomic mass is 10.1. The summed E-state index contributed by atoms with van der Waals surface area (Å²) in [6.45, 7) is 1.80. The number of alkyl halides is 3. The molecule has 1 aromatic rings. The number of Topliss-reactive ketones (excluding diaryl/α,β-unsaturated/α-hetero) is 1. The third-order valence-corrected chi connectivity index (χ3v) is 2.93. The molecule has 0 N–H and O–H groups in total. The van der Waals surface area contributed by atoms with Crippen LogP contribution in [0.15, 0.2) is 29.3 Å². The quantitative estimate of drug-likeness (QED) is 0.751. The van der Waals surface area contributed by atoms with E-state index in [0.29, 0.717) is 12.1 Å². The zero-order chi connectivity index (χ0) is 13.3. The van der Waals surface area contributed by atoms with Gasteiger partial charge in [-0.2, -0.15) is 13.2 Å². The van der Waals surface area contributed by atoms with E-state index in [1.54, 1.807) is 6.92 Å². The van der Waals surface area contributed by atoms with Crippen molar-refractivity contribution in [1.82, 2.24) is 0 Å². The number of nitrogens with zero attached hydrogens (tertiary/aromatic N) is 1. The van der Waals surface area contributed by atoms with Crippen LogP contribution in [-0.4, -0.2) is 11.5 Å². The molecule has 0 radical (unpaired) electrons. The average Bonchev–Trinajstić information content (AvgIpc) is 2.57. The molecule has 0 bridgehead atoms. The summed E-state index contributed by atoms with van der Waals surface area (Å²) in [4.78, 5) is 15.5. The van der Waals surface area contributed by atoms with Crippen molar-refractivity contribution in [2.45, 2.75) is 25.9 Å². The van der Waals surface area contributed by atoms with Gasteiger partial charge in [-0.1, -0.05) is 13.0 Å². The molecule has 2 nitrogen and oxygen atoms in total. The summed E-state index contributed by atoms with van der Waals surface area (Å²) in [5.74, 6) is 0.0234. The van der Waals surface area contributed by atoms with Gasteiger partial charge in [-0.25, -0.2) is 0 Å². The molecule has 0 aromatic heterocycles. The van der Waals surface area contributed by atoms with Crippen molar-refractivity contribution in [2.75, 3.05) is 0 Å². The second-order valence-electron chi connectivity index (χ2n) is 4.47. The molecular weight excluding hydrogens is 243 g/mol. The summed E-state index contributed by atoms with van der Waals surface area (Å²) in [7, 11) is 0. The van der Waals surface area contributed by atoms with Gasteiger partial charge >= 0.3 is 6.18 Å². The number of aliphatic imine (C=N–C) groups is 1. The van der Waals surface area contributed by atoms with Crippen molar-refractivity contribution in [2.24, 2.45) is 10.9 Å². The van der Waals surface area contributed by atoms with Crippen LogP contribution in [0.25, 0.3) is 0 Å². The predicted octanol–water partition coefficient (Wildman–Crippen LogP) is 3.78. The van der Waals surface area contributed by atoms with Crippen LogP contribution >= 0.6 is 0 Å². The topological polar surface area (TPSA) is 29.4 Å². The molecule has 0 aliphatic heterocycles. The molecule has 1 aliphatic carbocycles. The Balaban J connectivity index is 2.25. The van der Waals surface area contributed by atoms with E-state index in [-0.39, 0.29) is 23.8 Å². The first kappa shape index (κ1) is 12.8. The number of rotatable bonds is 1. The van der Waals surface area contributed by atoms with Gasteiger partial charge in [0, 0.05) is 18.1 Å². The van der Waals surface area contributed by atoms with E-state index in [4.69, 9.17) is 0 Å². The fourth-order valence-electron chi connectivity index (χ4n) is 1.93. The maximum Gasteiger partial charge on any atom is 0.416 e. The lowest BCUT2D eigenvalue weighted by Gasteiger charge is -2.06. The zero-order valence-corrected chi connectivity index (χ0v) is 9.79. The minimum Gasteiger partial charge on any atom is -0.299 e. The Hall–Kier alpha value is -1.65.